The smallest absolute Gasteiger partial charge is 0.258 e. The van der Waals surface area contributed by atoms with Crippen LogP contribution in [0.2, 0.25) is 0 Å². The monoisotopic (exact) mass is 432 g/mol. The second-order valence-corrected chi connectivity index (χ2v) is 7.47. The number of nitrogens with one attached hydrogen (secondary N) is 1. The molecule has 32 heavy (non-hydrogen) atoms. The third kappa shape index (κ3) is 5.46. The minimum absolute atomic E-state index is 0.145. The molecule has 1 atom stereocenters. The van der Waals surface area contributed by atoms with Gasteiger partial charge < -0.3 is 19.7 Å². The van der Waals surface area contributed by atoms with E-state index in [4.69, 9.17) is 9.47 Å². The number of carbonyl (C=O) groups is 2. The standard InChI is InChI=1S/C26H28N2O4/c1-18(21-11-8-12-22(15-21)27-19(2)29)28(17-20-9-6-5-7-10-20)26(30)24-16-23(31-3)13-14-25(24)32-4/h5-16,18H,17H2,1-4H3,(H,27,29). The van der Waals surface area contributed by atoms with Crippen molar-refractivity contribution in [2.75, 3.05) is 19.5 Å². The number of ether oxygens (including phenoxy) is 2. The van der Waals surface area contributed by atoms with Gasteiger partial charge in [-0.05, 0) is 48.4 Å². The first kappa shape index (κ1) is 22.9. The minimum Gasteiger partial charge on any atom is -0.497 e. The third-order valence-corrected chi connectivity index (χ3v) is 5.25. The molecule has 1 unspecified atom stereocenters. The van der Waals surface area contributed by atoms with Crippen molar-refractivity contribution in [1.29, 1.82) is 0 Å². The van der Waals surface area contributed by atoms with Gasteiger partial charge in [0.15, 0.2) is 0 Å². The molecule has 3 aromatic rings. The zero-order valence-electron chi connectivity index (χ0n) is 18.8. The highest BCUT2D eigenvalue weighted by Crippen LogP contribution is 2.31. The lowest BCUT2D eigenvalue weighted by atomic mass is 10.0. The summed E-state index contributed by atoms with van der Waals surface area (Å²) in [6.07, 6.45) is 0. The normalized spacial score (nSPS) is 11.4. The van der Waals surface area contributed by atoms with Crippen molar-refractivity contribution in [3.05, 3.63) is 89.5 Å². The number of amides is 2. The first-order valence-corrected chi connectivity index (χ1v) is 10.4. The van der Waals surface area contributed by atoms with Gasteiger partial charge >= 0.3 is 0 Å². The van der Waals surface area contributed by atoms with E-state index in [9.17, 15) is 9.59 Å². The SMILES string of the molecule is COc1ccc(OC)c(C(=O)N(Cc2ccccc2)C(C)c2cccc(NC(C)=O)c2)c1. The van der Waals surface area contributed by atoms with Gasteiger partial charge in [0, 0.05) is 19.2 Å². The number of rotatable bonds is 8. The maximum atomic E-state index is 13.8. The van der Waals surface area contributed by atoms with E-state index >= 15 is 0 Å². The first-order chi connectivity index (χ1) is 15.4. The molecule has 0 saturated heterocycles. The largest absolute Gasteiger partial charge is 0.497 e. The summed E-state index contributed by atoms with van der Waals surface area (Å²) in [6.45, 7) is 3.85. The van der Waals surface area contributed by atoms with E-state index in [0.29, 0.717) is 29.3 Å². The van der Waals surface area contributed by atoms with Crippen LogP contribution in [-0.2, 0) is 11.3 Å². The minimum atomic E-state index is -0.271. The molecule has 6 heteroatoms. The summed E-state index contributed by atoms with van der Waals surface area (Å²) in [4.78, 5) is 27.1. The van der Waals surface area contributed by atoms with Crippen molar-refractivity contribution in [3.8, 4) is 11.5 Å². The van der Waals surface area contributed by atoms with Crippen molar-refractivity contribution < 1.29 is 19.1 Å². The fourth-order valence-corrected chi connectivity index (χ4v) is 3.56. The average molecular weight is 433 g/mol. The highest BCUT2D eigenvalue weighted by molar-refractivity contribution is 5.97. The molecule has 0 heterocycles. The van der Waals surface area contributed by atoms with E-state index in [0.717, 1.165) is 11.1 Å². The molecule has 6 nitrogen and oxygen atoms in total. The highest BCUT2D eigenvalue weighted by atomic mass is 16.5. The van der Waals surface area contributed by atoms with Gasteiger partial charge in [-0.3, -0.25) is 9.59 Å². The lowest BCUT2D eigenvalue weighted by Crippen LogP contribution is -2.33. The molecular weight excluding hydrogens is 404 g/mol. The summed E-state index contributed by atoms with van der Waals surface area (Å²) in [7, 11) is 3.11. The molecule has 0 aromatic heterocycles. The molecule has 0 spiro atoms. The molecule has 0 bridgehead atoms. The van der Waals surface area contributed by atoms with Crippen LogP contribution in [-0.4, -0.2) is 30.9 Å². The van der Waals surface area contributed by atoms with E-state index in [-0.39, 0.29) is 17.9 Å². The number of carbonyl (C=O) groups excluding carboxylic acids is 2. The van der Waals surface area contributed by atoms with Gasteiger partial charge in [-0.1, -0.05) is 42.5 Å². The summed E-state index contributed by atoms with van der Waals surface area (Å²) in [5.41, 5.74) is 3.02. The molecule has 0 aliphatic rings. The summed E-state index contributed by atoms with van der Waals surface area (Å²) in [6, 6.07) is 22.3. The molecular formula is C26H28N2O4. The highest BCUT2D eigenvalue weighted by Gasteiger charge is 2.26. The van der Waals surface area contributed by atoms with Gasteiger partial charge in [-0.2, -0.15) is 0 Å². The Labute approximate surface area is 188 Å². The van der Waals surface area contributed by atoms with Crippen LogP contribution in [0.3, 0.4) is 0 Å². The molecule has 166 valence electrons. The summed E-state index contributed by atoms with van der Waals surface area (Å²) in [5.74, 6) is 0.734. The second kappa shape index (κ2) is 10.5. The molecule has 0 radical (unpaired) electrons. The third-order valence-electron chi connectivity index (χ3n) is 5.25. The van der Waals surface area contributed by atoms with Crippen LogP contribution in [0, 0.1) is 0 Å². The predicted molar refractivity (Wildman–Crippen MR) is 125 cm³/mol. The van der Waals surface area contributed by atoms with Crippen LogP contribution in [0.1, 0.15) is 41.4 Å². The van der Waals surface area contributed by atoms with E-state index in [1.165, 1.54) is 6.92 Å². The Balaban J connectivity index is 2.02. The number of hydrogen-bond acceptors (Lipinski definition) is 4. The summed E-state index contributed by atoms with van der Waals surface area (Å²) in [5, 5.41) is 2.80. The van der Waals surface area contributed by atoms with Crippen LogP contribution in [0.15, 0.2) is 72.8 Å². The molecule has 0 aliphatic carbocycles. The Morgan fingerprint density at radius 1 is 0.938 bits per heavy atom. The summed E-state index contributed by atoms with van der Waals surface area (Å²) < 4.78 is 10.8. The molecule has 3 rings (SSSR count). The van der Waals surface area contributed by atoms with E-state index in [2.05, 4.69) is 5.32 Å². The predicted octanol–water partition coefficient (Wildman–Crippen LogP) is 5.07. The zero-order chi connectivity index (χ0) is 23.1. The lowest BCUT2D eigenvalue weighted by Gasteiger charge is -2.31. The fourth-order valence-electron chi connectivity index (χ4n) is 3.56. The van der Waals surface area contributed by atoms with Crippen LogP contribution in [0.5, 0.6) is 11.5 Å². The molecule has 0 saturated carbocycles. The van der Waals surface area contributed by atoms with Crippen molar-refractivity contribution >= 4 is 17.5 Å². The number of methoxy groups -OCH3 is 2. The van der Waals surface area contributed by atoms with Crippen LogP contribution in [0.25, 0.3) is 0 Å². The number of nitrogens with zero attached hydrogens (tertiary/aromatic N) is 1. The Bertz CT molecular complexity index is 1080. The Kier molecular flexibility index (Phi) is 7.49. The Morgan fingerprint density at radius 3 is 2.34 bits per heavy atom. The average Bonchev–Trinajstić information content (AvgIpc) is 2.81. The summed E-state index contributed by atoms with van der Waals surface area (Å²) >= 11 is 0. The van der Waals surface area contributed by atoms with Crippen LogP contribution in [0.4, 0.5) is 5.69 Å². The molecule has 3 aromatic carbocycles. The second-order valence-electron chi connectivity index (χ2n) is 7.47. The van der Waals surface area contributed by atoms with Gasteiger partial charge in [0.2, 0.25) is 5.91 Å². The van der Waals surface area contributed by atoms with E-state index < -0.39 is 0 Å². The maximum Gasteiger partial charge on any atom is 0.258 e. The van der Waals surface area contributed by atoms with Crippen molar-refractivity contribution in [1.82, 2.24) is 4.90 Å². The maximum absolute atomic E-state index is 13.8. The Morgan fingerprint density at radius 2 is 1.69 bits per heavy atom. The molecule has 1 N–H and O–H groups in total. The number of anilines is 1. The van der Waals surface area contributed by atoms with E-state index in [1.807, 2.05) is 61.5 Å². The van der Waals surface area contributed by atoms with Crippen molar-refractivity contribution in [2.24, 2.45) is 0 Å². The van der Waals surface area contributed by atoms with E-state index in [1.54, 1.807) is 37.3 Å². The number of benzene rings is 3. The fraction of sp³-hybridized carbons (Fsp3) is 0.231. The van der Waals surface area contributed by atoms with Crippen LogP contribution >= 0.6 is 0 Å². The van der Waals surface area contributed by atoms with Gasteiger partial charge in [0.1, 0.15) is 11.5 Å². The first-order valence-electron chi connectivity index (χ1n) is 10.4. The number of hydrogen-bond donors (Lipinski definition) is 1. The van der Waals surface area contributed by atoms with Gasteiger partial charge in [0.25, 0.3) is 5.91 Å². The van der Waals surface area contributed by atoms with Crippen molar-refractivity contribution in [3.63, 3.8) is 0 Å². The quantitative estimate of drug-likeness (QED) is 0.540. The van der Waals surface area contributed by atoms with Crippen LogP contribution < -0.4 is 14.8 Å². The zero-order valence-corrected chi connectivity index (χ0v) is 18.8. The lowest BCUT2D eigenvalue weighted by molar-refractivity contribution is -0.114. The molecule has 0 aliphatic heterocycles. The molecule has 0 fully saturated rings. The topological polar surface area (TPSA) is 67.9 Å². The Hall–Kier alpha value is -3.80. The van der Waals surface area contributed by atoms with Gasteiger partial charge in [0.05, 0.1) is 25.8 Å². The van der Waals surface area contributed by atoms with Gasteiger partial charge in [-0.15, -0.1) is 0 Å². The molecule has 2 amide bonds. The van der Waals surface area contributed by atoms with Gasteiger partial charge in [-0.25, -0.2) is 0 Å². The van der Waals surface area contributed by atoms with Crippen molar-refractivity contribution in [2.45, 2.75) is 26.4 Å².